The Kier molecular flexibility index (Phi) is 10.1. The van der Waals surface area contributed by atoms with Crippen molar-refractivity contribution in [3.63, 3.8) is 0 Å². The van der Waals surface area contributed by atoms with E-state index in [-0.39, 0.29) is 19.7 Å². The van der Waals surface area contributed by atoms with Crippen LogP contribution < -0.4 is 5.32 Å². The Morgan fingerprint density at radius 2 is 1.35 bits per heavy atom. The number of hydrogen-bond donors (Lipinski definition) is 2. The zero-order valence-electron chi connectivity index (χ0n) is 21.7. The van der Waals surface area contributed by atoms with Gasteiger partial charge in [-0.15, -0.1) is 0 Å². The predicted octanol–water partition coefficient (Wildman–Crippen LogP) is 5.32. The molecule has 0 heterocycles. The Bertz CT molecular complexity index is 1100. The summed E-state index contributed by atoms with van der Waals surface area (Å²) < 4.78 is 11.0. The van der Waals surface area contributed by atoms with Crippen LogP contribution in [0.5, 0.6) is 0 Å². The average Bonchev–Trinajstić information content (AvgIpc) is 2.87. The number of rotatable bonds is 10. The van der Waals surface area contributed by atoms with Gasteiger partial charge in [-0.3, -0.25) is 0 Å². The van der Waals surface area contributed by atoms with E-state index < -0.39 is 29.9 Å². The van der Waals surface area contributed by atoms with Gasteiger partial charge in [0.1, 0.15) is 12.2 Å². The van der Waals surface area contributed by atoms with E-state index in [1.165, 1.54) is 4.90 Å². The largest absolute Gasteiger partial charge is 0.445 e. The summed E-state index contributed by atoms with van der Waals surface area (Å²) in [5.74, 6) is 0. The zero-order chi connectivity index (χ0) is 26.7. The molecule has 0 fully saturated rings. The van der Waals surface area contributed by atoms with Gasteiger partial charge in [0.25, 0.3) is 0 Å². The third-order valence-electron chi connectivity index (χ3n) is 5.55. The normalized spacial score (nSPS) is 12.8. The monoisotopic (exact) mass is 504 g/mol. The van der Waals surface area contributed by atoms with Gasteiger partial charge in [0.2, 0.25) is 0 Å². The molecule has 37 heavy (non-hydrogen) atoms. The lowest BCUT2D eigenvalue weighted by Gasteiger charge is -2.30. The van der Waals surface area contributed by atoms with Gasteiger partial charge in [0.05, 0.1) is 18.7 Å². The molecule has 7 nitrogen and oxygen atoms in total. The lowest BCUT2D eigenvalue weighted by molar-refractivity contribution is 0.0327. The minimum absolute atomic E-state index is 0.0458. The van der Waals surface area contributed by atoms with Crippen LogP contribution in [-0.4, -0.2) is 46.5 Å². The van der Waals surface area contributed by atoms with Gasteiger partial charge >= 0.3 is 12.2 Å². The molecule has 0 spiro atoms. The van der Waals surface area contributed by atoms with E-state index in [2.05, 4.69) is 5.32 Å². The maximum absolute atomic E-state index is 13.1. The molecule has 0 saturated heterocycles. The number of carbonyl (C=O) groups excluding carboxylic acids is 2. The van der Waals surface area contributed by atoms with Crippen LogP contribution in [0.3, 0.4) is 0 Å². The molecule has 3 rings (SSSR count). The van der Waals surface area contributed by atoms with Gasteiger partial charge in [-0.2, -0.15) is 0 Å². The number of hydrogen-bond acceptors (Lipinski definition) is 5. The molecule has 2 atom stereocenters. The van der Waals surface area contributed by atoms with Crippen LogP contribution in [0.25, 0.3) is 0 Å². The first-order valence-electron chi connectivity index (χ1n) is 12.4. The Balaban J connectivity index is 1.76. The summed E-state index contributed by atoms with van der Waals surface area (Å²) in [5.41, 5.74) is 2.01. The minimum Gasteiger partial charge on any atom is -0.445 e. The summed E-state index contributed by atoms with van der Waals surface area (Å²) in [6.45, 7) is 5.65. The first-order valence-corrected chi connectivity index (χ1v) is 12.4. The van der Waals surface area contributed by atoms with E-state index in [1.54, 1.807) is 20.8 Å². The van der Waals surface area contributed by atoms with Gasteiger partial charge in [-0.25, -0.2) is 9.59 Å². The molecule has 2 N–H and O–H groups in total. The number of amides is 2. The van der Waals surface area contributed by atoms with Crippen molar-refractivity contribution in [2.75, 3.05) is 6.54 Å². The smallest absolute Gasteiger partial charge is 0.410 e. The minimum atomic E-state index is -1.08. The number of benzene rings is 3. The van der Waals surface area contributed by atoms with Crippen molar-refractivity contribution in [3.8, 4) is 0 Å². The van der Waals surface area contributed by atoms with Gasteiger partial charge in [-0.1, -0.05) is 91.0 Å². The molecular weight excluding hydrogens is 468 g/mol. The van der Waals surface area contributed by atoms with Crippen molar-refractivity contribution in [1.29, 1.82) is 0 Å². The molecule has 0 aliphatic carbocycles. The number of carbonyl (C=O) groups is 2. The van der Waals surface area contributed by atoms with E-state index in [0.717, 1.165) is 16.7 Å². The van der Waals surface area contributed by atoms with Gasteiger partial charge in [0.15, 0.2) is 0 Å². The quantitative estimate of drug-likeness (QED) is 0.390. The summed E-state index contributed by atoms with van der Waals surface area (Å²) in [4.78, 5) is 27.2. The molecule has 0 aliphatic heterocycles. The number of nitrogens with one attached hydrogen (secondary N) is 1. The summed E-state index contributed by atoms with van der Waals surface area (Å²) in [5, 5.41) is 14.1. The Labute approximate surface area is 219 Å². The second kappa shape index (κ2) is 13.5. The number of nitrogens with zero attached hydrogens (tertiary/aromatic N) is 1. The summed E-state index contributed by atoms with van der Waals surface area (Å²) in [6.07, 6.45) is -1.91. The Morgan fingerprint density at radius 1 is 0.838 bits per heavy atom. The van der Waals surface area contributed by atoms with Gasteiger partial charge in [0, 0.05) is 6.54 Å². The second-order valence-corrected chi connectivity index (χ2v) is 9.92. The molecule has 0 aliphatic rings. The second-order valence-electron chi connectivity index (χ2n) is 9.92. The maximum Gasteiger partial charge on any atom is 0.410 e. The molecule has 0 unspecified atom stereocenters. The molecule has 3 aromatic rings. The molecule has 2 amide bonds. The fourth-order valence-corrected chi connectivity index (χ4v) is 3.78. The van der Waals surface area contributed by atoms with Crippen LogP contribution in [-0.2, 0) is 29.0 Å². The number of alkyl carbamates (subject to hydrolysis) is 1. The SMILES string of the molecule is CC(C)(C)OC(=O)N[C@@H](Cc1ccccc1)[C@H](O)CN(Cc1ccccc1)C(=O)OCc1ccccc1. The molecular formula is C30H36N2O5. The molecule has 0 bridgehead atoms. The third-order valence-corrected chi connectivity index (χ3v) is 5.55. The molecule has 0 saturated carbocycles. The summed E-state index contributed by atoms with van der Waals surface area (Å²) in [7, 11) is 0. The van der Waals surface area contributed by atoms with E-state index in [9.17, 15) is 14.7 Å². The highest BCUT2D eigenvalue weighted by Crippen LogP contribution is 2.14. The maximum atomic E-state index is 13.1. The number of ether oxygens (including phenoxy) is 2. The van der Waals surface area contributed by atoms with Crippen LogP contribution >= 0.6 is 0 Å². The van der Waals surface area contributed by atoms with Crippen LogP contribution in [0.4, 0.5) is 9.59 Å². The zero-order valence-corrected chi connectivity index (χ0v) is 21.7. The van der Waals surface area contributed by atoms with Crippen molar-refractivity contribution in [2.45, 2.75) is 58.1 Å². The topological polar surface area (TPSA) is 88.1 Å². The molecule has 0 radical (unpaired) electrons. The Hall–Kier alpha value is -3.84. The van der Waals surface area contributed by atoms with E-state index >= 15 is 0 Å². The van der Waals surface area contributed by atoms with Crippen molar-refractivity contribution in [3.05, 3.63) is 108 Å². The lowest BCUT2D eigenvalue weighted by atomic mass is 10.0. The van der Waals surface area contributed by atoms with Crippen molar-refractivity contribution in [2.24, 2.45) is 0 Å². The fourth-order valence-electron chi connectivity index (χ4n) is 3.78. The standard InChI is InChI=1S/C30H36N2O5/c1-30(2,3)37-28(34)31-26(19-23-13-7-4-8-14-23)27(33)21-32(20-24-15-9-5-10-16-24)29(35)36-22-25-17-11-6-12-18-25/h4-18,26-27,33H,19-22H2,1-3H3,(H,31,34)/t26-,27+/m0/s1. The highest BCUT2D eigenvalue weighted by molar-refractivity contribution is 5.69. The van der Waals surface area contributed by atoms with Gasteiger partial charge in [-0.05, 0) is 43.9 Å². The number of aliphatic hydroxyl groups excluding tert-OH is 1. The van der Waals surface area contributed by atoms with E-state index in [0.29, 0.717) is 6.42 Å². The van der Waals surface area contributed by atoms with Gasteiger partial charge < -0.3 is 24.8 Å². The lowest BCUT2D eigenvalue weighted by Crippen LogP contribution is -2.51. The van der Waals surface area contributed by atoms with Crippen molar-refractivity contribution >= 4 is 12.2 Å². The van der Waals surface area contributed by atoms with Crippen LogP contribution in [0.15, 0.2) is 91.0 Å². The first kappa shape index (κ1) is 27.7. The van der Waals surface area contributed by atoms with Crippen molar-refractivity contribution in [1.82, 2.24) is 10.2 Å². The van der Waals surface area contributed by atoms with Crippen LogP contribution in [0.2, 0.25) is 0 Å². The molecule has 7 heteroatoms. The third kappa shape index (κ3) is 9.97. The predicted molar refractivity (Wildman–Crippen MR) is 143 cm³/mol. The van der Waals surface area contributed by atoms with E-state index in [4.69, 9.17) is 9.47 Å². The summed E-state index contributed by atoms with van der Waals surface area (Å²) >= 11 is 0. The molecule has 0 aromatic heterocycles. The van der Waals surface area contributed by atoms with Crippen molar-refractivity contribution < 1.29 is 24.2 Å². The highest BCUT2D eigenvalue weighted by Gasteiger charge is 2.28. The fraction of sp³-hybridized carbons (Fsp3) is 0.333. The molecule has 196 valence electrons. The first-order chi connectivity index (χ1) is 17.7. The highest BCUT2D eigenvalue weighted by atomic mass is 16.6. The average molecular weight is 505 g/mol. The number of aliphatic hydroxyl groups is 1. The Morgan fingerprint density at radius 3 is 1.89 bits per heavy atom. The van der Waals surface area contributed by atoms with E-state index in [1.807, 2.05) is 91.0 Å². The molecule has 3 aromatic carbocycles. The van der Waals surface area contributed by atoms with Crippen LogP contribution in [0, 0.1) is 0 Å². The van der Waals surface area contributed by atoms with Crippen LogP contribution in [0.1, 0.15) is 37.5 Å². The summed E-state index contributed by atoms with van der Waals surface area (Å²) in [6, 6.07) is 27.8.